The van der Waals surface area contributed by atoms with Crippen molar-refractivity contribution in [2.75, 3.05) is 26.8 Å². The maximum absolute atomic E-state index is 13.9. The van der Waals surface area contributed by atoms with E-state index in [-0.39, 0.29) is 17.6 Å². The fourth-order valence-electron chi connectivity index (χ4n) is 5.66. The molecule has 1 aliphatic carbocycles. The normalized spacial score (nSPS) is 31.2. The predicted octanol–water partition coefficient (Wildman–Crippen LogP) is 4.49. The van der Waals surface area contributed by atoms with Gasteiger partial charge >= 0.3 is 6.18 Å². The highest BCUT2D eigenvalue weighted by atomic mass is 19.4. The van der Waals surface area contributed by atoms with Crippen LogP contribution in [0.15, 0.2) is 42.5 Å². The highest BCUT2D eigenvalue weighted by Gasteiger charge is 2.62. The number of ether oxygens (including phenoxy) is 2. The lowest BCUT2D eigenvalue weighted by atomic mass is 9.85. The number of rotatable bonds is 6. The van der Waals surface area contributed by atoms with Crippen LogP contribution in [0.2, 0.25) is 0 Å². The number of benzene rings is 2. The van der Waals surface area contributed by atoms with E-state index >= 15 is 0 Å². The monoisotopic (exact) mass is 446 g/mol. The Labute approximate surface area is 186 Å². The Kier molecular flexibility index (Phi) is 5.26. The number of halogens is 3. The van der Waals surface area contributed by atoms with E-state index in [0.29, 0.717) is 36.2 Å². The van der Waals surface area contributed by atoms with Crippen LogP contribution in [-0.4, -0.2) is 33.0 Å². The van der Waals surface area contributed by atoms with Crippen molar-refractivity contribution in [1.29, 1.82) is 0 Å². The molecule has 1 saturated carbocycles. The molecule has 172 valence electrons. The van der Waals surface area contributed by atoms with E-state index in [9.17, 15) is 13.2 Å². The van der Waals surface area contributed by atoms with Crippen molar-refractivity contribution in [3.63, 3.8) is 0 Å². The summed E-state index contributed by atoms with van der Waals surface area (Å²) in [6.45, 7) is 3.42. The first-order valence-corrected chi connectivity index (χ1v) is 11.2. The second-order valence-electron chi connectivity index (χ2n) is 9.44. The molecule has 7 heteroatoms. The molecule has 4 unspecified atom stereocenters. The van der Waals surface area contributed by atoms with Crippen LogP contribution in [-0.2, 0) is 23.3 Å². The van der Waals surface area contributed by atoms with Gasteiger partial charge in [0.25, 0.3) is 0 Å². The largest absolute Gasteiger partial charge is 0.496 e. The highest BCUT2D eigenvalue weighted by Crippen LogP contribution is 2.63. The maximum Gasteiger partial charge on any atom is 0.421 e. The standard InChI is InChI=1S/C25H29F3N2O2/c1-23(25(26,27)28)20-10-18(21(31-2)11-17(20)8-9-32-23)13-29-15-24-12-19(24)14-30-22(24)16-6-4-3-5-7-16/h3-7,10-11,19,22,29-30H,8-9,12-15H2,1-2H3. The lowest BCUT2D eigenvalue weighted by Crippen LogP contribution is -2.45. The summed E-state index contributed by atoms with van der Waals surface area (Å²) >= 11 is 0. The molecule has 2 aromatic carbocycles. The molecule has 5 rings (SSSR count). The number of fused-ring (bicyclic) bond motifs is 2. The quantitative estimate of drug-likeness (QED) is 0.687. The summed E-state index contributed by atoms with van der Waals surface area (Å²) in [6.07, 6.45) is -2.88. The summed E-state index contributed by atoms with van der Waals surface area (Å²) in [5, 5.41) is 7.18. The zero-order valence-electron chi connectivity index (χ0n) is 18.4. The van der Waals surface area contributed by atoms with Crippen molar-refractivity contribution in [2.45, 2.75) is 44.1 Å². The molecular weight excluding hydrogens is 417 g/mol. The summed E-state index contributed by atoms with van der Waals surface area (Å²) < 4.78 is 52.4. The van der Waals surface area contributed by atoms with Gasteiger partial charge in [-0.15, -0.1) is 0 Å². The van der Waals surface area contributed by atoms with E-state index in [2.05, 4.69) is 34.9 Å². The minimum Gasteiger partial charge on any atom is -0.496 e. The van der Waals surface area contributed by atoms with Crippen molar-refractivity contribution in [1.82, 2.24) is 10.6 Å². The molecule has 4 atom stereocenters. The molecule has 0 aromatic heterocycles. The van der Waals surface area contributed by atoms with Gasteiger partial charge in [-0.1, -0.05) is 30.3 Å². The molecule has 32 heavy (non-hydrogen) atoms. The average Bonchev–Trinajstić information content (AvgIpc) is 3.36. The van der Waals surface area contributed by atoms with Crippen molar-refractivity contribution in [2.24, 2.45) is 11.3 Å². The Balaban J connectivity index is 1.36. The van der Waals surface area contributed by atoms with Gasteiger partial charge in [0.1, 0.15) is 5.75 Å². The Morgan fingerprint density at radius 3 is 2.69 bits per heavy atom. The molecule has 2 N–H and O–H groups in total. The van der Waals surface area contributed by atoms with Gasteiger partial charge in [-0.3, -0.25) is 0 Å². The van der Waals surface area contributed by atoms with Crippen LogP contribution in [0.5, 0.6) is 5.75 Å². The Morgan fingerprint density at radius 1 is 1.22 bits per heavy atom. The number of alkyl halides is 3. The summed E-state index contributed by atoms with van der Waals surface area (Å²) in [5.41, 5.74) is 0.714. The predicted molar refractivity (Wildman–Crippen MR) is 115 cm³/mol. The maximum atomic E-state index is 13.9. The van der Waals surface area contributed by atoms with Gasteiger partial charge < -0.3 is 20.1 Å². The zero-order chi connectivity index (χ0) is 22.6. The minimum absolute atomic E-state index is 0.0432. The van der Waals surface area contributed by atoms with Gasteiger partial charge in [0, 0.05) is 30.1 Å². The summed E-state index contributed by atoms with van der Waals surface area (Å²) in [4.78, 5) is 0. The first kappa shape index (κ1) is 21.7. The van der Waals surface area contributed by atoms with Crippen LogP contribution in [0.1, 0.15) is 41.6 Å². The van der Waals surface area contributed by atoms with Gasteiger partial charge in [0.15, 0.2) is 5.60 Å². The second-order valence-corrected chi connectivity index (χ2v) is 9.44. The van der Waals surface area contributed by atoms with Crippen LogP contribution in [0.25, 0.3) is 0 Å². The Hall–Kier alpha value is -2.09. The lowest BCUT2D eigenvalue weighted by Gasteiger charge is -2.38. The van der Waals surface area contributed by atoms with Gasteiger partial charge in [-0.05, 0) is 61.1 Å². The third-order valence-corrected chi connectivity index (χ3v) is 7.65. The molecular formula is C25H29F3N2O2. The van der Waals surface area contributed by atoms with Gasteiger partial charge in [-0.25, -0.2) is 0 Å². The summed E-state index contributed by atoms with van der Waals surface area (Å²) in [6, 6.07) is 14.1. The fraction of sp³-hybridized carbons (Fsp3) is 0.520. The second kappa shape index (κ2) is 7.75. The molecule has 3 aliphatic rings. The molecule has 0 amide bonds. The number of methoxy groups -OCH3 is 1. The third-order valence-electron chi connectivity index (χ3n) is 7.65. The van der Waals surface area contributed by atoms with Crippen LogP contribution in [0.3, 0.4) is 0 Å². The molecule has 2 aliphatic heterocycles. The van der Waals surface area contributed by atoms with E-state index in [1.165, 1.54) is 5.56 Å². The third kappa shape index (κ3) is 3.42. The highest BCUT2D eigenvalue weighted by molar-refractivity contribution is 5.47. The summed E-state index contributed by atoms with van der Waals surface area (Å²) in [7, 11) is 1.56. The van der Waals surface area contributed by atoms with E-state index in [4.69, 9.17) is 9.47 Å². The van der Waals surface area contributed by atoms with E-state index in [1.54, 1.807) is 19.2 Å². The molecule has 2 fully saturated rings. The smallest absolute Gasteiger partial charge is 0.421 e. The Bertz CT molecular complexity index is 997. The lowest BCUT2D eigenvalue weighted by molar-refractivity contribution is -0.281. The number of hydrogen-bond acceptors (Lipinski definition) is 4. The fourth-order valence-corrected chi connectivity index (χ4v) is 5.66. The first-order chi connectivity index (χ1) is 15.3. The van der Waals surface area contributed by atoms with E-state index in [0.717, 1.165) is 32.0 Å². The van der Waals surface area contributed by atoms with Crippen LogP contribution >= 0.6 is 0 Å². The van der Waals surface area contributed by atoms with Gasteiger partial charge in [-0.2, -0.15) is 13.2 Å². The molecule has 0 radical (unpaired) electrons. The molecule has 0 spiro atoms. The van der Waals surface area contributed by atoms with Crippen molar-refractivity contribution < 1.29 is 22.6 Å². The number of hydrogen-bond donors (Lipinski definition) is 2. The van der Waals surface area contributed by atoms with Crippen LogP contribution in [0.4, 0.5) is 13.2 Å². The SMILES string of the molecule is COc1cc2c(cc1CNCC13CC1CNC3c1ccccc1)C(C)(C(F)(F)F)OCC2. The molecule has 2 heterocycles. The average molecular weight is 447 g/mol. The van der Waals surface area contributed by atoms with Gasteiger partial charge in [0.05, 0.1) is 13.7 Å². The van der Waals surface area contributed by atoms with E-state index in [1.807, 2.05) is 6.07 Å². The van der Waals surface area contributed by atoms with Crippen molar-refractivity contribution in [3.05, 3.63) is 64.7 Å². The van der Waals surface area contributed by atoms with Crippen LogP contribution in [0, 0.1) is 11.3 Å². The summed E-state index contributed by atoms with van der Waals surface area (Å²) in [5.74, 6) is 1.25. The topological polar surface area (TPSA) is 42.5 Å². The molecule has 4 nitrogen and oxygen atoms in total. The molecule has 0 bridgehead atoms. The van der Waals surface area contributed by atoms with Crippen LogP contribution < -0.4 is 15.4 Å². The van der Waals surface area contributed by atoms with E-state index < -0.39 is 11.8 Å². The number of nitrogens with one attached hydrogen (secondary N) is 2. The first-order valence-electron chi connectivity index (χ1n) is 11.2. The minimum atomic E-state index is -4.49. The Morgan fingerprint density at radius 2 is 2.00 bits per heavy atom. The van der Waals surface area contributed by atoms with Gasteiger partial charge in [0.2, 0.25) is 0 Å². The molecule has 2 aromatic rings. The van der Waals surface area contributed by atoms with Crippen molar-refractivity contribution >= 4 is 0 Å². The molecule has 1 saturated heterocycles. The van der Waals surface area contributed by atoms with Crippen molar-refractivity contribution in [3.8, 4) is 5.75 Å². The number of piperidine rings is 1. The zero-order valence-corrected chi connectivity index (χ0v) is 18.4.